The normalized spacial score (nSPS) is 14.1. The lowest BCUT2D eigenvalue weighted by Gasteiger charge is -2.25. The van der Waals surface area contributed by atoms with Crippen molar-refractivity contribution in [1.82, 2.24) is 0 Å². The average molecular weight is 421 g/mol. The summed E-state index contributed by atoms with van der Waals surface area (Å²) in [5, 5.41) is 9.85. The molecule has 0 saturated carbocycles. The van der Waals surface area contributed by atoms with Gasteiger partial charge in [-0.2, -0.15) is 5.26 Å². The van der Waals surface area contributed by atoms with E-state index in [1.54, 1.807) is 0 Å². The fourth-order valence-electron chi connectivity index (χ4n) is 4.19. The van der Waals surface area contributed by atoms with Crippen molar-refractivity contribution in [3.05, 3.63) is 64.2 Å². The molecule has 0 bridgehead atoms. The molecule has 0 aliphatic carbocycles. The minimum absolute atomic E-state index is 0.269. The number of aliphatic imine (C=N–C) groups is 1. The summed E-state index contributed by atoms with van der Waals surface area (Å²) in [5.74, 6) is 0.269. The number of nitriles is 1. The van der Waals surface area contributed by atoms with Crippen LogP contribution in [0, 0.1) is 11.3 Å². The molecule has 156 valence electrons. The summed E-state index contributed by atoms with van der Waals surface area (Å²) in [4.78, 5) is 17.5. The molecular formula is C26H29ClN2O. The molecule has 2 aromatic rings. The largest absolute Gasteiger partial charge is 0.300 e. The predicted octanol–water partition coefficient (Wildman–Crippen LogP) is 7.12. The third-order valence-electron chi connectivity index (χ3n) is 5.81. The van der Waals surface area contributed by atoms with Crippen LogP contribution in [0.2, 0.25) is 5.02 Å². The van der Waals surface area contributed by atoms with E-state index in [-0.39, 0.29) is 11.2 Å². The fourth-order valence-corrected chi connectivity index (χ4v) is 4.58. The van der Waals surface area contributed by atoms with Crippen molar-refractivity contribution in [1.29, 1.82) is 5.26 Å². The summed E-state index contributed by atoms with van der Waals surface area (Å²) < 4.78 is 0. The molecule has 30 heavy (non-hydrogen) atoms. The van der Waals surface area contributed by atoms with Gasteiger partial charge in [0, 0.05) is 23.6 Å². The second-order valence-electron chi connectivity index (χ2n) is 8.77. The van der Waals surface area contributed by atoms with Crippen molar-refractivity contribution in [3.8, 4) is 6.07 Å². The predicted molar refractivity (Wildman–Crippen MR) is 124 cm³/mol. The molecule has 3 rings (SSSR count). The van der Waals surface area contributed by atoms with Gasteiger partial charge >= 0.3 is 0 Å². The van der Waals surface area contributed by atoms with E-state index in [1.165, 1.54) is 5.71 Å². The summed E-state index contributed by atoms with van der Waals surface area (Å²) >= 11 is 6.34. The first-order valence-electron chi connectivity index (χ1n) is 10.8. The van der Waals surface area contributed by atoms with Gasteiger partial charge in [0.1, 0.15) is 5.78 Å². The van der Waals surface area contributed by atoms with Crippen molar-refractivity contribution >= 4 is 28.8 Å². The monoisotopic (exact) mass is 420 g/mol. The van der Waals surface area contributed by atoms with Crippen molar-refractivity contribution in [2.75, 3.05) is 0 Å². The van der Waals surface area contributed by atoms with E-state index in [9.17, 15) is 4.79 Å². The van der Waals surface area contributed by atoms with Gasteiger partial charge in [-0.05, 0) is 79.3 Å². The topological polar surface area (TPSA) is 53.2 Å². The molecule has 0 unspecified atom stereocenters. The van der Waals surface area contributed by atoms with Gasteiger partial charge in [0.25, 0.3) is 0 Å². The number of hydrogen-bond donors (Lipinski definition) is 0. The van der Waals surface area contributed by atoms with Crippen molar-refractivity contribution in [2.45, 2.75) is 70.6 Å². The third kappa shape index (κ3) is 5.80. The molecule has 0 amide bonds. The molecule has 0 radical (unpaired) electrons. The summed E-state index contributed by atoms with van der Waals surface area (Å²) in [6, 6.07) is 15.7. The Labute approximate surface area is 184 Å². The summed E-state index contributed by atoms with van der Waals surface area (Å²) in [5.41, 5.74) is 4.75. The van der Waals surface area contributed by atoms with E-state index >= 15 is 0 Å². The van der Waals surface area contributed by atoms with Crippen LogP contribution in [0.4, 0.5) is 5.69 Å². The lowest BCUT2D eigenvalue weighted by molar-refractivity contribution is -0.120. The van der Waals surface area contributed by atoms with Crippen LogP contribution >= 0.6 is 11.6 Å². The number of carbonyl (C=O) groups is 1. The lowest BCUT2D eigenvalue weighted by Crippen LogP contribution is -2.22. The quantitative estimate of drug-likeness (QED) is 0.478. The highest BCUT2D eigenvalue weighted by molar-refractivity contribution is 6.31. The zero-order valence-corrected chi connectivity index (χ0v) is 18.6. The molecule has 0 atom stereocenters. The number of hydrogen-bond acceptors (Lipinski definition) is 3. The molecule has 0 spiro atoms. The number of ketones is 1. The van der Waals surface area contributed by atoms with Gasteiger partial charge in [0.15, 0.2) is 0 Å². The Morgan fingerprint density at radius 3 is 2.70 bits per heavy atom. The Morgan fingerprint density at radius 2 is 1.93 bits per heavy atom. The van der Waals surface area contributed by atoms with Crippen LogP contribution < -0.4 is 0 Å². The number of carbonyl (C=O) groups excluding carboxylic acids is 1. The van der Waals surface area contributed by atoms with E-state index in [2.05, 4.69) is 19.9 Å². The summed E-state index contributed by atoms with van der Waals surface area (Å²) in [6.07, 6.45) is 6.88. The number of rotatable bonds is 7. The maximum Gasteiger partial charge on any atom is 0.133 e. The number of aryl methyl sites for hydroxylation is 1. The van der Waals surface area contributed by atoms with E-state index in [0.717, 1.165) is 60.4 Å². The van der Waals surface area contributed by atoms with Crippen LogP contribution in [-0.4, -0.2) is 11.5 Å². The summed E-state index contributed by atoms with van der Waals surface area (Å²) in [7, 11) is 0. The molecule has 0 aromatic heterocycles. The molecular weight excluding hydrogens is 392 g/mol. The van der Waals surface area contributed by atoms with E-state index in [4.69, 9.17) is 21.9 Å². The van der Waals surface area contributed by atoms with Gasteiger partial charge in [-0.15, -0.1) is 0 Å². The first-order chi connectivity index (χ1) is 14.4. The maximum atomic E-state index is 12.7. The first kappa shape index (κ1) is 22.2. The van der Waals surface area contributed by atoms with E-state index in [0.29, 0.717) is 18.4 Å². The molecule has 0 fully saturated rings. The van der Waals surface area contributed by atoms with Crippen LogP contribution in [0.15, 0.2) is 47.5 Å². The van der Waals surface area contributed by atoms with Gasteiger partial charge in [0.05, 0.1) is 17.3 Å². The minimum Gasteiger partial charge on any atom is -0.300 e. The number of Topliss-reactive ketones (excluding diaryl/α,β-unsaturated/α-hetero) is 1. The first-order valence-corrected chi connectivity index (χ1v) is 11.1. The highest BCUT2D eigenvalue weighted by Crippen LogP contribution is 2.33. The Hall–Kier alpha value is -2.44. The van der Waals surface area contributed by atoms with E-state index < -0.39 is 0 Å². The molecule has 2 aromatic carbocycles. The highest BCUT2D eigenvalue weighted by atomic mass is 35.5. The average Bonchev–Trinajstić information content (AvgIpc) is 2.69. The number of nitrogens with zero attached hydrogens (tertiary/aromatic N) is 2. The number of halogens is 1. The standard InChI is InChI=1S/C26H29ClN2O/c1-26(2,23-12-5-6-13-24(23)27)17-22(30)11-7-10-21-9-4-3-8-20-16-19(18-28)14-15-25(20)29-21/h5-6,12-16H,3-4,7-11,17H2,1-2H3. The molecule has 1 heterocycles. The summed E-state index contributed by atoms with van der Waals surface area (Å²) in [6.45, 7) is 4.16. The number of fused-ring (bicyclic) bond motifs is 1. The van der Waals surface area contributed by atoms with Crippen LogP contribution in [0.5, 0.6) is 0 Å². The second kappa shape index (κ2) is 10.0. The molecule has 4 heteroatoms. The second-order valence-corrected chi connectivity index (χ2v) is 9.18. The van der Waals surface area contributed by atoms with Crippen LogP contribution in [0.25, 0.3) is 0 Å². The Balaban J connectivity index is 1.59. The van der Waals surface area contributed by atoms with Gasteiger partial charge in [-0.25, -0.2) is 0 Å². The Morgan fingerprint density at radius 1 is 1.17 bits per heavy atom. The van der Waals surface area contributed by atoms with Gasteiger partial charge in [-0.1, -0.05) is 43.6 Å². The molecule has 3 nitrogen and oxygen atoms in total. The number of benzene rings is 2. The van der Waals surface area contributed by atoms with Gasteiger partial charge in [-0.3, -0.25) is 9.79 Å². The molecule has 0 N–H and O–H groups in total. The lowest BCUT2D eigenvalue weighted by atomic mass is 9.79. The molecule has 1 aliphatic heterocycles. The van der Waals surface area contributed by atoms with Crippen LogP contribution in [0.1, 0.15) is 75.5 Å². The zero-order valence-electron chi connectivity index (χ0n) is 17.9. The van der Waals surface area contributed by atoms with Gasteiger partial charge < -0.3 is 0 Å². The smallest absolute Gasteiger partial charge is 0.133 e. The Kier molecular flexibility index (Phi) is 7.45. The highest BCUT2D eigenvalue weighted by Gasteiger charge is 2.26. The zero-order chi connectivity index (χ0) is 21.6. The van der Waals surface area contributed by atoms with Crippen molar-refractivity contribution < 1.29 is 4.79 Å². The Bertz CT molecular complexity index is 985. The maximum absolute atomic E-state index is 12.7. The SMILES string of the molecule is CC(C)(CC(=O)CCCC1=Nc2ccc(C#N)cc2CCCC1)c1ccccc1Cl. The minimum atomic E-state index is -0.273. The third-order valence-corrected chi connectivity index (χ3v) is 6.14. The van der Waals surface area contributed by atoms with Crippen molar-refractivity contribution in [2.24, 2.45) is 4.99 Å². The van der Waals surface area contributed by atoms with Crippen LogP contribution in [-0.2, 0) is 16.6 Å². The van der Waals surface area contributed by atoms with Crippen molar-refractivity contribution in [3.63, 3.8) is 0 Å². The van der Waals surface area contributed by atoms with Gasteiger partial charge in [0.2, 0.25) is 0 Å². The molecule has 0 saturated heterocycles. The van der Waals surface area contributed by atoms with Crippen LogP contribution in [0.3, 0.4) is 0 Å². The molecule has 1 aliphatic rings. The van der Waals surface area contributed by atoms with E-state index in [1.807, 2.05) is 42.5 Å². The fraction of sp³-hybridized carbons (Fsp3) is 0.423.